The molecule has 4 aromatic rings. The molecule has 3 aromatic carbocycles. The molecule has 0 bridgehead atoms. The molecule has 0 radical (unpaired) electrons. The predicted octanol–water partition coefficient (Wildman–Crippen LogP) is 4.18. The van der Waals surface area contributed by atoms with E-state index < -0.39 is 10.0 Å². The molecule has 0 fully saturated rings. The van der Waals surface area contributed by atoms with Crippen molar-refractivity contribution >= 4 is 26.7 Å². The van der Waals surface area contributed by atoms with E-state index in [0.29, 0.717) is 11.4 Å². The van der Waals surface area contributed by atoms with E-state index in [4.69, 9.17) is 14.5 Å². The predicted molar refractivity (Wildman–Crippen MR) is 125 cm³/mol. The highest BCUT2D eigenvalue weighted by atomic mass is 32.2. The number of para-hydroxylation sites is 2. The zero-order valence-corrected chi connectivity index (χ0v) is 19.0. The molecule has 4 rings (SSSR count). The Bertz CT molecular complexity index is 1350. The van der Waals surface area contributed by atoms with Gasteiger partial charge in [-0.25, -0.2) is 13.4 Å². The molecule has 0 atom stereocenters. The monoisotopic (exact) mass is 451 g/mol. The van der Waals surface area contributed by atoms with Crippen molar-refractivity contribution in [2.24, 2.45) is 7.05 Å². The van der Waals surface area contributed by atoms with Crippen LogP contribution < -0.4 is 14.2 Å². The number of aromatic nitrogens is 2. The SMILES string of the molecule is COc1ccc(OC)c(S(=O)(=O)Nc2ccc(CCc3nc4ccccc4n3C)cc2)c1. The summed E-state index contributed by atoms with van der Waals surface area (Å²) >= 11 is 0. The second-order valence-corrected chi connectivity index (χ2v) is 9.05. The van der Waals surface area contributed by atoms with Gasteiger partial charge in [0.1, 0.15) is 22.2 Å². The smallest absolute Gasteiger partial charge is 0.265 e. The van der Waals surface area contributed by atoms with Gasteiger partial charge < -0.3 is 14.0 Å². The third kappa shape index (κ3) is 4.40. The lowest BCUT2D eigenvalue weighted by atomic mass is 10.1. The Morgan fingerprint density at radius 3 is 2.38 bits per heavy atom. The lowest BCUT2D eigenvalue weighted by Crippen LogP contribution is -2.14. The third-order valence-corrected chi connectivity index (χ3v) is 6.79. The Balaban J connectivity index is 1.47. The van der Waals surface area contributed by atoms with Crippen LogP contribution in [0.4, 0.5) is 5.69 Å². The number of fused-ring (bicyclic) bond motifs is 1. The van der Waals surface area contributed by atoms with Crippen molar-refractivity contribution in [2.45, 2.75) is 17.7 Å². The minimum Gasteiger partial charge on any atom is -0.497 e. The summed E-state index contributed by atoms with van der Waals surface area (Å²) in [6.45, 7) is 0. The first-order valence-electron chi connectivity index (χ1n) is 10.2. The number of methoxy groups -OCH3 is 2. The number of hydrogen-bond acceptors (Lipinski definition) is 5. The van der Waals surface area contributed by atoms with E-state index in [9.17, 15) is 8.42 Å². The van der Waals surface area contributed by atoms with Crippen LogP contribution in [0, 0.1) is 0 Å². The maximum Gasteiger partial charge on any atom is 0.265 e. The van der Waals surface area contributed by atoms with Crippen molar-refractivity contribution in [1.82, 2.24) is 9.55 Å². The highest BCUT2D eigenvalue weighted by Gasteiger charge is 2.21. The molecule has 0 unspecified atom stereocenters. The molecule has 0 aliphatic heterocycles. The number of sulfonamides is 1. The molecule has 1 heterocycles. The normalized spacial score (nSPS) is 11.5. The minimum atomic E-state index is -3.85. The maximum absolute atomic E-state index is 12.9. The largest absolute Gasteiger partial charge is 0.497 e. The van der Waals surface area contributed by atoms with Crippen LogP contribution in [-0.4, -0.2) is 32.2 Å². The fourth-order valence-electron chi connectivity index (χ4n) is 3.62. The average molecular weight is 452 g/mol. The van der Waals surface area contributed by atoms with Gasteiger partial charge in [-0.3, -0.25) is 4.72 Å². The molecule has 7 nitrogen and oxygen atoms in total. The first-order chi connectivity index (χ1) is 15.4. The van der Waals surface area contributed by atoms with Crippen LogP contribution in [0.15, 0.2) is 71.6 Å². The van der Waals surface area contributed by atoms with E-state index in [-0.39, 0.29) is 10.6 Å². The molecule has 1 aromatic heterocycles. The summed E-state index contributed by atoms with van der Waals surface area (Å²) in [4.78, 5) is 4.73. The molecule has 166 valence electrons. The minimum absolute atomic E-state index is 0.0188. The number of imidazole rings is 1. The summed E-state index contributed by atoms with van der Waals surface area (Å²) in [7, 11) is 1.09. The van der Waals surface area contributed by atoms with Gasteiger partial charge in [-0.1, -0.05) is 24.3 Å². The zero-order valence-electron chi connectivity index (χ0n) is 18.2. The molecule has 0 aliphatic carbocycles. The van der Waals surface area contributed by atoms with Gasteiger partial charge in [-0.2, -0.15) is 0 Å². The highest BCUT2D eigenvalue weighted by Crippen LogP contribution is 2.29. The van der Waals surface area contributed by atoms with Gasteiger partial charge in [0.05, 0.1) is 25.3 Å². The second kappa shape index (κ2) is 8.92. The fourth-order valence-corrected chi connectivity index (χ4v) is 4.86. The number of hydrogen-bond donors (Lipinski definition) is 1. The summed E-state index contributed by atoms with van der Waals surface area (Å²) in [6.07, 6.45) is 1.59. The Morgan fingerprint density at radius 2 is 1.69 bits per heavy atom. The molecule has 8 heteroatoms. The van der Waals surface area contributed by atoms with Gasteiger partial charge in [0, 0.05) is 25.2 Å². The summed E-state index contributed by atoms with van der Waals surface area (Å²) in [6, 6.07) is 20.1. The second-order valence-electron chi connectivity index (χ2n) is 7.39. The number of benzene rings is 3. The van der Waals surface area contributed by atoms with Crippen LogP contribution in [0.25, 0.3) is 11.0 Å². The van der Waals surface area contributed by atoms with Gasteiger partial charge in [-0.05, 0) is 48.4 Å². The lowest BCUT2D eigenvalue weighted by Gasteiger charge is -2.13. The van der Waals surface area contributed by atoms with Crippen molar-refractivity contribution < 1.29 is 17.9 Å². The summed E-state index contributed by atoms with van der Waals surface area (Å²) in [5, 5.41) is 0. The Morgan fingerprint density at radius 1 is 0.938 bits per heavy atom. The molecular formula is C24H25N3O4S. The highest BCUT2D eigenvalue weighted by molar-refractivity contribution is 7.92. The number of rotatable bonds is 8. The summed E-state index contributed by atoms with van der Waals surface area (Å²) in [5.41, 5.74) is 3.67. The number of ether oxygens (including phenoxy) is 2. The molecule has 0 amide bonds. The van der Waals surface area contributed by atoms with Crippen LogP contribution in [-0.2, 0) is 29.9 Å². The van der Waals surface area contributed by atoms with E-state index >= 15 is 0 Å². The Hall–Kier alpha value is -3.52. The Kier molecular flexibility index (Phi) is 6.05. The first-order valence-corrected chi connectivity index (χ1v) is 11.6. The lowest BCUT2D eigenvalue weighted by molar-refractivity contribution is 0.392. The van der Waals surface area contributed by atoms with Crippen LogP contribution in [0.3, 0.4) is 0 Å². The molecule has 0 aliphatic rings. The number of nitrogens with one attached hydrogen (secondary N) is 1. The fraction of sp³-hybridized carbons (Fsp3) is 0.208. The standard InChI is InChI=1S/C24H25N3O4S/c1-27-21-7-5-4-6-20(21)25-24(27)15-10-17-8-11-18(12-9-17)26-32(28,29)23-16-19(30-2)13-14-22(23)31-3/h4-9,11-14,16,26H,10,15H2,1-3H3. The zero-order chi connectivity index (χ0) is 22.7. The van der Waals surface area contributed by atoms with Gasteiger partial charge in [0.15, 0.2) is 0 Å². The number of anilines is 1. The van der Waals surface area contributed by atoms with Crippen molar-refractivity contribution in [3.8, 4) is 11.5 Å². The van der Waals surface area contributed by atoms with E-state index in [2.05, 4.69) is 15.4 Å². The first kappa shape index (κ1) is 21.7. The Labute approximate surface area is 187 Å². The topological polar surface area (TPSA) is 82.4 Å². The molecule has 32 heavy (non-hydrogen) atoms. The van der Waals surface area contributed by atoms with E-state index in [1.165, 1.54) is 20.3 Å². The van der Waals surface area contributed by atoms with Gasteiger partial charge >= 0.3 is 0 Å². The molecular weight excluding hydrogens is 426 g/mol. The van der Waals surface area contributed by atoms with Gasteiger partial charge in [0.2, 0.25) is 0 Å². The quantitative estimate of drug-likeness (QED) is 0.435. The molecule has 0 saturated carbocycles. The number of nitrogens with zero attached hydrogens (tertiary/aromatic N) is 2. The molecule has 1 N–H and O–H groups in total. The third-order valence-electron chi connectivity index (χ3n) is 5.38. The maximum atomic E-state index is 12.9. The molecule has 0 saturated heterocycles. The number of aryl methyl sites for hydroxylation is 3. The summed E-state index contributed by atoms with van der Waals surface area (Å²) < 4.78 is 40.9. The van der Waals surface area contributed by atoms with Crippen molar-refractivity contribution in [3.05, 3.63) is 78.1 Å². The van der Waals surface area contributed by atoms with E-state index in [1.807, 2.05) is 37.4 Å². The van der Waals surface area contributed by atoms with Crippen LogP contribution in [0.1, 0.15) is 11.4 Å². The van der Waals surface area contributed by atoms with Gasteiger partial charge in [-0.15, -0.1) is 0 Å². The van der Waals surface area contributed by atoms with Crippen LogP contribution in [0.5, 0.6) is 11.5 Å². The van der Waals surface area contributed by atoms with Crippen molar-refractivity contribution in [2.75, 3.05) is 18.9 Å². The van der Waals surface area contributed by atoms with Gasteiger partial charge in [0.25, 0.3) is 10.0 Å². The van der Waals surface area contributed by atoms with E-state index in [0.717, 1.165) is 35.3 Å². The van der Waals surface area contributed by atoms with Crippen LogP contribution in [0.2, 0.25) is 0 Å². The van der Waals surface area contributed by atoms with E-state index in [1.54, 1.807) is 24.3 Å². The average Bonchev–Trinajstić information content (AvgIpc) is 3.13. The van der Waals surface area contributed by atoms with Crippen molar-refractivity contribution in [1.29, 1.82) is 0 Å². The van der Waals surface area contributed by atoms with Crippen molar-refractivity contribution in [3.63, 3.8) is 0 Å². The molecule has 0 spiro atoms. The van der Waals surface area contributed by atoms with Crippen LogP contribution >= 0.6 is 0 Å². The summed E-state index contributed by atoms with van der Waals surface area (Å²) in [5.74, 6) is 1.70.